The Kier molecular flexibility index (Phi) is 6.71. The fourth-order valence-corrected chi connectivity index (χ4v) is 4.51. The molecule has 2 amide bonds. The molecule has 0 aliphatic carbocycles. The number of nitrogens with one attached hydrogen (secondary N) is 2. The number of nitrogens with zero attached hydrogens (tertiary/aromatic N) is 1. The van der Waals surface area contributed by atoms with Gasteiger partial charge < -0.3 is 15.4 Å². The van der Waals surface area contributed by atoms with Crippen molar-refractivity contribution in [1.82, 2.24) is 15.6 Å². The summed E-state index contributed by atoms with van der Waals surface area (Å²) in [5.74, 6) is 0.104. The average molecular weight is 424 g/mol. The summed E-state index contributed by atoms with van der Waals surface area (Å²) in [6.45, 7) is 2.14. The van der Waals surface area contributed by atoms with E-state index in [1.165, 1.54) is 11.3 Å². The number of benzene rings is 2. The summed E-state index contributed by atoms with van der Waals surface area (Å²) in [6.07, 6.45) is 2.11. The highest BCUT2D eigenvalue weighted by molar-refractivity contribution is 7.18. The molecule has 6 nitrogen and oxygen atoms in total. The Balaban J connectivity index is 1.28. The van der Waals surface area contributed by atoms with Crippen LogP contribution in [0.1, 0.15) is 17.8 Å². The maximum atomic E-state index is 12.2. The fourth-order valence-electron chi connectivity index (χ4n) is 3.51. The highest BCUT2D eigenvalue weighted by Gasteiger charge is 2.15. The second kappa shape index (κ2) is 9.82. The number of hydrogen-bond acceptors (Lipinski definition) is 5. The van der Waals surface area contributed by atoms with E-state index in [9.17, 15) is 9.59 Å². The van der Waals surface area contributed by atoms with Crippen molar-refractivity contribution in [2.75, 3.05) is 26.3 Å². The van der Waals surface area contributed by atoms with Gasteiger partial charge in [0, 0.05) is 19.8 Å². The molecule has 0 bridgehead atoms. The molecule has 0 saturated carbocycles. The zero-order valence-corrected chi connectivity index (χ0v) is 17.5. The van der Waals surface area contributed by atoms with Gasteiger partial charge in [-0.3, -0.25) is 9.59 Å². The third-order valence-electron chi connectivity index (χ3n) is 5.23. The van der Waals surface area contributed by atoms with Crippen molar-refractivity contribution < 1.29 is 14.3 Å². The highest BCUT2D eigenvalue weighted by Crippen LogP contribution is 2.28. The van der Waals surface area contributed by atoms with E-state index in [1.807, 2.05) is 30.3 Å². The Labute approximate surface area is 179 Å². The number of ether oxygens (including phenoxy) is 1. The normalized spacial score (nSPS) is 14.5. The molecule has 0 radical (unpaired) electrons. The fraction of sp³-hybridized carbons (Fsp3) is 0.348. The molecule has 0 spiro atoms. The Morgan fingerprint density at radius 2 is 1.80 bits per heavy atom. The van der Waals surface area contributed by atoms with Crippen molar-refractivity contribution in [3.8, 4) is 11.1 Å². The van der Waals surface area contributed by atoms with E-state index in [-0.39, 0.29) is 24.8 Å². The van der Waals surface area contributed by atoms with Gasteiger partial charge in [0.1, 0.15) is 5.01 Å². The van der Waals surface area contributed by atoms with Crippen molar-refractivity contribution in [1.29, 1.82) is 0 Å². The van der Waals surface area contributed by atoms with Crippen LogP contribution in [0.4, 0.5) is 0 Å². The van der Waals surface area contributed by atoms with Gasteiger partial charge in [0.2, 0.25) is 11.8 Å². The second-order valence-corrected chi connectivity index (χ2v) is 8.58. The Morgan fingerprint density at radius 3 is 2.60 bits per heavy atom. The third kappa shape index (κ3) is 5.43. The van der Waals surface area contributed by atoms with Crippen LogP contribution in [0.15, 0.2) is 48.5 Å². The van der Waals surface area contributed by atoms with E-state index in [0.29, 0.717) is 12.5 Å². The van der Waals surface area contributed by atoms with Gasteiger partial charge >= 0.3 is 0 Å². The molecule has 7 heteroatoms. The summed E-state index contributed by atoms with van der Waals surface area (Å²) in [7, 11) is 0. The van der Waals surface area contributed by atoms with Crippen molar-refractivity contribution in [3.63, 3.8) is 0 Å². The number of rotatable bonds is 7. The number of carbonyl (C=O) groups excluding carboxylic acids is 2. The summed E-state index contributed by atoms with van der Waals surface area (Å²) in [4.78, 5) is 28.8. The Morgan fingerprint density at radius 1 is 1.00 bits per heavy atom. The third-order valence-corrected chi connectivity index (χ3v) is 6.24. The summed E-state index contributed by atoms with van der Waals surface area (Å²) in [6, 6.07) is 16.3. The minimum Gasteiger partial charge on any atom is -0.381 e. The quantitative estimate of drug-likeness (QED) is 0.612. The van der Waals surface area contributed by atoms with Crippen LogP contribution in [0, 0.1) is 5.92 Å². The van der Waals surface area contributed by atoms with E-state index < -0.39 is 0 Å². The van der Waals surface area contributed by atoms with Crippen molar-refractivity contribution in [3.05, 3.63) is 53.5 Å². The highest BCUT2D eigenvalue weighted by atomic mass is 32.1. The maximum absolute atomic E-state index is 12.2. The topological polar surface area (TPSA) is 80.3 Å². The summed E-state index contributed by atoms with van der Waals surface area (Å²) in [5.41, 5.74) is 3.17. The van der Waals surface area contributed by atoms with Crippen LogP contribution in [-0.4, -0.2) is 43.1 Å². The molecule has 1 fully saturated rings. The molecular weight excluding hydrogens is 398 g/mol. The van der Waals surface area contributed by atoms with Crippen LogP contribution in [0.25, 0.3) is 21.3 Å². The molecule has 156 valence electrons. The second-order valence-electron chi connectivity index (χ2n) is 7.47. The monoisotopic (exact) mass is 423 g/mol. The van der Waals surface area contributed by atoms with Crippen molar-refractivity contribution >= 4 is 33.4 Å². The van der Waals surface area contributed by atoms with Gasteiger partial charge in [-0.05, 0) is 42.0 Å². The molecule has 2 N–H and O–H groups in total. The number of fused-ring (bicyclic) bond motifs is 1. The standard InChI is InChI=1S/C23H25N3O3S/c27-21(25-15-22(28)24-14-16-8-10-29-11-9-16)13-23-26-19-7-6-18(12-20(19)30-23)17-4-2-1-3-5-17/h1-7,12,16H,8-11,13-15H2,(H,24,28)(H,25,27). The minimum atomic E-state index is -0.196. The molecule has 1 aromatic heterocycles. The molecule has 1 saturated heterocycles. The van der Waals surface area contributed by atoms with Gasteiger partial charge in [-0.2, -0.15) is 0 Å². The van der Waals surface area contributed by atoms with E-state index in [1.54, 1.807) is 0 Å². The van der Waals surface area contributed by atoms with Crippen LogP contribution < -0.4 is 10.6 Å². The summed E-state index contributed by atoms with van der Waals surface area (Å²) < 4.78 is 6.37. The van der Waals surface area contributed by atoms with Crippen molar-refractivity contribution in [2.45, 2.75) is 19.3 Å². The first-order valence-corrected chi connectivity index (χ1v) is 11.0. The van der Waals surface area contributed by atoms with Gasteiger partial charge in [0.25, 0.3) is 0 Å². The van der Waals surface area contributed by atoms with E-state index in [4.69, 9.17) is 4.74 Å². The zero-order chi connectivity index (χ0) is 20.8. The molecule has 2 aromatic carbocycles. The molecule has 0 atom stereocenters. The Hall–Kier alpha value is -2.77. The van der Waals surface area contributed by atoms with Gasteiger partial charge in [-0.15, -0.1) is 11.3 Å². The smallest absolute Gasteiger partial charge is 0.239 e. The average Bonchev–Trinajstić information content (AvgIpc) is 3.19. The molecular formula is C23H25N3O3S. The van der Waals surface area contributed by atoms with Crippen LogP contribution in [0.3, 0.4) is 0 Å². The largest absolute Gasteiger partial charge is 0.381 e. The first kappa shape index (κ1) is 20.5. The lowest BCUT2D eigenvalue weighted by Gasteiger charge is -2.22. The lowest BCUT2D eigenvalue weighted by Crippen LogP contribution is -2.40. The number of carbonyl (C=O) groups is 2. The van der Waals surface area contributed by atoms with Gasteiger partial charge in [0.05, 0.1) is 23.2 Å². The molecule has 4 rings (SSSR count). The first-order chi connectivity index (χ1) is 14.7. The molecule has 30 heavy (non-hydrogen) atoms. The van der Waals surface area contributed by atoms with E-state index >= 15 is 0 Å². The maximum Gasteiger partial charge on any atom is 0.239 e. The van der Waals surface area contributed by atoms with Crippen molar-refractivity contribution in [2.24, 2.45) is 5.92 Å². The van der Waals surface area contributed by atoms with Crippen LogP contribution >= 0.6 is 11.3 Å². The zero-order valence-electron chi connectivity index (χ0n) is 16.7. The van der Waals surface area contributed by atoms with Crippen LogP contribution in [0.5, 0.6) is 0 Å². The van der Waals surface area contributed by atoms with Crippen LogP contribution in [0.2, 0.25) is 0 Å². The van der Waals surface area contributed by atoms with Gasteiger partial charge in [-0.1, -0.05) is 36.4 Å². The number of amides is 2. The molecule has 1 aliphatic rings. The SMILES string of the molecule is O=C(CNC(=O)Cc1nc2ccc(-c3ccccc3)cc2s1)NCC1CCOCC1. The molecule has 1 aliphatic heterocycles. The predicted octanol–water partition coefficient (Wildman–Crippen LogP) is 3.16. The van der Waals surface area contributed by atoms with E-state index in [0.717, 1.165) is 52.4 Å². The van der Waals surface area contributed by atoms with Gasteiger partial charge in [-0.25, -0.2) is 4.98 Å². The lowest BCUT2D eigenvalue weighted by molar-refractivity contribution is -0.125. The molecule has 3 aromatic rings. The number of aromatic nitrogens is 1. The summed E-state index contributed by atoms with van der Waals surface area (Å²) >= 11 is 1.51. The minimum absolute atomic E-state index is 0.00883. The number of hydrogen-bond donors (Lipinski definition) is 2. The molecule has 0 unspecified atom stereocenters. The van der Waals surface area contributed by atoms with Crippen LogP contribution in [-0.2, 0) is 20.7 Å². The lowest BCUT2D eigenvalue weighted by atomic mass is 10.0. The Bertz CT molecular complexity index is 1010. The first-order valence-electron chi connectivity index (χ1n) is 10.2. The van der Waals surface area contributed by atoms with Gasteiger partial charge in [0.15, 0.2) is 0 Å². The molecule has 2 heterocycles. The summed E-state index contributed by atoms with van der Waals surface area (Å²) in [5, 5.41) is 6.33. The number of thiazole rings is 1. The van der Waals surface area contributed by atoms with E-state index in [2.05, 4.69) is 33.8 Å². The predicted molar refractivity (Wildman–Crippen MR) is 118 cm³/mol.